The van der Waals surface area contributed by atoms with Crippen LogP contribution in [0.2, 0.25) is 0 Å². The van der Waals surface area contributed by atoms with E-state index in [1.54, 1.807) is 6.07 Å². The number of benzene rings is 2. The van der Waals surface area contributed by atoms with Gasteiger partial charge in [-0.25, -0.2) is 13.6 Å². The number of rotatable bonds is 2. The fourth-order valence-electron chi connectivity index (χ4n) is 2.21. The Morgan fingerprint density at radius 2 is 1.64 bits per heavy atom. The van der Waals surface area contributed by atoms with E-state index < -0.39 is 23.0 Å². The smallest absolute Gasteiger partial charge is 0.339 e. The highest BCUT2D eigenvalue weighted by Crippen LogP contribution is 2.37. The Morgan fingerprint density at radius 1 is 1.00 bits per heavy atom. The van der Waals surface area contributed by atoms with Gasteiger partial charge in [0.05, 0.1) is 0 Å². The Kier molecular flexibility index (Phi) is 3.92. The summed E-state index contributed by atoms with van der Waals surface area (Å²) in [5.74, 6) is -3.59. The van der Waals surface area contributed by atoms with Crippen LogP contribution in [0.1, 0.15) is 36.7 Å². The first kappa shape index (κ1) is 15.9. The summed E-state index contributed by atoms with van der Waals surface area (Å²) in [6.07, 6.45) is 0. The fraction of sp³-hybridized carbons (Fsp3) is 0.235. The standard InChI is InChI=1S/C17H16F2O3/c1-17(2,3)12-7-10(6-11(15(12)20)16(21)22)9-4-5-13(18)14(19)8-9/h4-8,20H,1-3H3,(H,21,22). The van der Waals surface area contributed by atoms with Crippen molar-refractivity contribution < 1.29 is 23.8 Å². The molecular weight excluding hydrogens is 290 g/mol. The number of hydrogen-bond donors (Lipinski definition) is 2. The van der Waals surface area contributed by atoms with Crippen molar-refractivity contribution in [2.75, 3.05) is 0 Å². The number of aromatic carboxylic acids is 1. The van der Waals surface area contributed by atoms with Gasteiger partial charge in [0.2, 0.25) is 0 Å². The van der Waals surface area contributed by atoms with E-state index >= 15 is 0 Å². The molecule has 2 aromatic carbocycles. The molecule has 3 nitrogen and oxygen atoms in total. The molecule has 0 aromatic heterocycles. The lowest BCUT2D eigenvalue weighted by Crippen LogP contribution is -2.13. The summed E-state index contributed by atoms with van der Waals surface area (Å²) in [5.41, 5.74) is 0.383. The molecule has 0 saturated carbocycles. The van der Waals surface area contributed by atoms with Gasteiger partial charge in [0.25, 0.3) is 0 Å². The topological polar surface area (TPSA) is 57.5 Å². The average molecular weight is 306 g/mol. The Bertz CT molecular complexity index is 746. The van der Waals surface area contributed by atoms with Crippen LogP contribution >= 0.6 is 0 Å². The molecule has 0 spiro atoms. The van der Waals surface area contributed by atoms with Gasteiger partial charge >= 0.3 is 5.97 Å². The van der Waals surface area contributed by atoms with Crippen LogP contribution in [0.3, 0.4) is 0 Å². The molecule has 5 heteroatoms. The lowest BCUT2D eigenvalue weighted by Gasteiger charge is -2.22. The summed E-state index contributed by atoms with van der Waals surface area (Å²) in [5, 5.41) is 19.4. The van der Waals surface area contributed by atoms with E-state index in [0.29, 0.717) is 16.7 Å². The molecule has 116 valence electrons. The molecule has 0 aliphatic carbocycles. The SMILES string of the molecule is CC(C)(C)c1cc(-c2ccc(F)c(F)c2)cc(C(=O)O)c1O. The highest BCUT2D eigenvalue weighted by molar-refractivity contribution is 5.93. The van der Waals surface area contributed by atoms with Crippen LogP contribution in [-0.2, 0) is 5.41 Å². The van der Waals surface area contributed by atoms with Crippen molar-refractivity contribution >= 4 is 5.97 Å². The maximum Gasteiger partial charge on any atom is 0.339 e. The monoisotopic (exact) mass is 306 g/mol. The van der Waals surface area contributed by atoms with Crippen LogP contribution in [0.25, 0.3) is 11.1 Å². The van der Waals surface area contributed by atoms with Crippen molar-refractivity contribution in [3.8, 4) is 16.9 Å². The van der Waals surface area contributed by atoms with Gasteiger partial charge in [-0.15, -0.1) is 0 Å². The number of carboxylic acid groups (broad SMARTS) is 1. The van der Waals surface area contributed by atoms with Gasteiger partial charge < -0.3 is 10.2 Å². The summed E-state index contributed by atoms with van der Waals surface area (Å²) in [6, 6.07) is 6.19. The number of hydrogen-bond acceptors (Lipinski definition) is 2. The summed E-state index contributed by atoms with van der Waals surface area (Å²) in [6.45, 7) is 5.47. The third-order valence-corrected chi connectivity index (χ3v) is 3.40. The Balaban J connectivity index is 2.73. The van der Waals surface area contributed by atoms with E-state index in [4.69, 9.17) is 0 Å². The zero-order valence-electron chi connectivity index (χ0n) is 12.4. The van der Waals surface area contributed by atoms with Crippen LogP contribution in [-0.4, -0.2) is 16.2 Å². The van der Waals surface area contributed by atoms with Crippen molar-refractivity contribution in [2.45, 2.75) is 26.2 Å². The minimum Gasteiger partial charge on any atom is -0.507 e. The molecular formula is C17H16F2O3. The molecule has 0 aliphatic heterocycles. The normalized spacial score (nSPS) is 11.5. The van der Waals surface area contributed by atoms with Gasteiger partial charge in [-0.2, -0.15) is 0 Å². The maximum atomic E-state index is 13.4. The number of phenols is 1. The quantitative estimate of drug-likeness (QED) is 0.868. The van der Waals surface area contributed by atoms with Crippen molar-refractivity contribution in [1.82, 2.24) is 0 Å². The Hall–Kier alpha value is -2.43. The van der Waals surface area contributed by atoms with Crippen molar-refractivity contribution in [2.24, 2.45) is 0 Å². The van der Waals surface area contributed by atoms with E-state index in [1.807, 2.05) is 20.8 Å². The number of carboxylic acids is 1. The van der Waals surface area contributed by atoms with Gasteiger partial charge in [-0.1, -0.05) is 26.8 Å². The van der Waals surface area contributed by atoms with Gasteiger partial charge in [0.1, 0.15) is 11.3 Å². The molecule has 2 rings (SSSR count). The number of aromatic hydroxyl groups is 1. The second kappa shape index (κ2) is 5.40. The van der Waals surface area contributed by atoms with Gasteiger partial charge in [0, 0.05) is 5.56 Å². The van der Waals surface area contributed by atoms with E-state index in [9.17, 15) is 23.8 Å². The summed E-state index contributed by atoms with van der Waals surface area (Å²) in [4.78, 5) is 11.3. The average Bonchev–Trinajstić information content (AvgIpc) is 2.40. The van der Waals surface area contributed by atoms with E-state index in [0.717, 1.165) is 12.1 Å². The van der Waals surface area contributed by atoms with Crippen LogP contribution in [0.15, 0.2) is 30.3 Å². The second-order valence-corrected chi connectivity index (χ2v) is 6.10. The molecule has 22 heavy (non-hydrogen) atoms. The van der Waals surface area contributed by atoms with Crippen molar-refractivity contribution in [1.29, 1.82) is 0 Å². The zero-order chi connectivity index (χ0) is 16.7. The first-order valence-electron chi connectivity index (χ1n) is 6.67. The molecule has 2 N–H and O–H groups in total. The summed E-state index contributed by atoms with van der Waals surface area (Å²) < 4.78 is 26.4. The zero-order valence-corrected chi connectivity index (χ0v) is 12.4. The van der Waals surface area contributed by atoms with E-state index in [1.165, 1.54) is 12.1 Å². The molecule has 2 aromatic rings. The van der Waals surface area contributed by atoms with Crippen molar-refractivity contribution in [3.63, 3.8) is 0 Å². The predicted octanol–water partition coefficient (Wildman–Crippen LogP) is 4.33. The minimum absolute atomic E-state index is 0.271. The van der Waals surface area contributed by atoms with Gasteiger partial charge in [-0.3, -0.25) is 0 Å². The van der Waals surface area contributed by atoms with Crippen LogP contribution in [0.5, 0.6) is 5.75 Å². The fourth-order valence-corrected chi connectivity index (χ4v) is 2.21. The molecule has 0 amide bonds. The van der Waals surface area contributed by atoms with Crippen LogP contribution in [0.4, 0.5) is 8.78 Å². The summed E-state index contributed by atoms with van der Waals surface area (Å²) in [7, 11) is 0. The largest absolute Gasteiger partial charge is 0.507 e. The molecule has 0 aliphatic rings. The lowest BCUT2D eigenvalue weighted by molar-refractivity contribution is 0.0693. The summed E-state index contributed by atoms with van der Waals surface area (Å²) >= 11 is 0. The first-order chi connectivity index (χ1) is 10.1. The molecule has 0 atom stereocenters. The number of carbonyl (C=O) groups is 1. The molecule has 0 bridgehead atoms. The highest BCUT2D eigenvalue weighted by atomic mass is 19.2. The third kappa shape index (κ3) is 2.93. The Morgan fingerprint density at radius 3 is 2.14 bits per heavy atom. The number of halogens is 2. The van der Waals surface area contributed by atoms with Gasteiger partial charge in [-0.05, 0) is 40.8 Å². The van der Waals surface area contributed by atoms with Crippen molar-refractivity contribution in [3.05, 3.63) is 53.1 Å². The maximum absolute atomic E-state index is 13.4. The Labute approximate surface area is 126 Å². The minimum atomic E-state index is -1.28. The first-order valence-corrected chi connectivity index (χ1v) is 6.67. The van der Waals surface area contributed by atoms with Crippen LogP contribution < -0.4 is 0 Å². The van der Waals surface area contributed by atoms with E-state index in [2.05, 4.69) is 0 Å². The molecule has 0 heterocycles. The third-order valence-electron chi connectivity index (χ3n) is 3.40. The predicted molar refractivity (Wildman–Crippen MR) is 79.1 cm³/mol. The lowest BCUT2D eigenvalue weighted by atomic mass is 9.83. The molecule has 0 unspecified atom stereocenters. The highest BCUT2D eigenvalue weighted by Gasteiger charge is 2.24. The molecule has 0 saturated heterocycles. The van der Waals surface area contributed by atoms with E-state index in [-0.39, 0.29) is 11.3 Å². The van der Waals surface area contributed by atoms with Crippen LogP contribution in [0, 0.1) is 11.6 Å². The molecule has 0 radical (unpaired) electrons. The van der Waals surface area contributed by atoms with Gasteiger partial charge in [0.15, 0.2) is 11.6 Å². The molecule has 0 fully saturated rings. The second-order valence-electron chi connectivity index (χ2n) is 6.10.